The minimum Gasteiger partial charge on any atom is -0.379 e. The zero-order valence-electron chi connectivity index (χ0n) is 14.0. The Morgan fingerprint density at radius 2 is 2.04 bits per heavy atom. The summed E-state index contributed by atoms with van der Waals surface area (Å²) in [5.74, 6) is 1.27. The van der Waals surface area contributed by atoms with Crippen LogP contribution < -0.4 is 0 Å². The van der Waals surface area contributed by atoms with E-state index in [1.807, 2.05) is 29.1 Å². The third-order valence-corrected chi connectivity index (χ3v) is 4.28. The van der Waals surface area contributed by atoms with Crippen LogP contribution in [0.3, 0.4) is 0 Å². The van der Waals surface area contributed by atoms with E-state index >= 15 is 0 Å². The topological polar surface area (TPSA) is 69.2 Å². The van der Waals surface area contributed by atoms with Crippen molar-refractivity contribution in [3.63, 3.8) is 0 Å². The summed E-state index contributed by atoms with van der Waals surface area (Å²) >= 11 is 0. The minimum absolute atomic E-state index is 0.629. The van der Waals surface area contributed by atoms with E-state index in [2.05, 4.69) is 32.3 Å². The standard InChI is InChI=1S/C18H21N5O2/c1-3-15(14-22-9-11-24-12-10-22)13-16(4-1)18-20-17(25-21-18)5-8-23-7-2-6-19-23/h1-4,6-7,13H,5,8-12,14H2. The monoisotopic (exact) mass is 339 g/mol. The molecule has 3 heterocycles. The lowest BCUT2D eigenvalue weighted by Crippen LogP contribution is -2.35. The summed E-state index contributed by atoms with van der Waals surface area (Å²) in [6, 6.07) is 10.2. The Morgan fingerprint density at radius 1 is 1.12 bits per heavy atom. The van der Waals surface area contributed by atoms with Gasteiger partial charge in [0.25, 0.3) is 0 Å². The van der Waals surface area contributed by atoms with Crippen LogP contribution in [0.25, 0.3) is 11.4 Å². The van der Waals surface area contributed by atoms with Crippen molar-refractivity contribution < 1.29 is 9.26 Å². The summed E-state index contributed by atoms with van der Waals surface area (Å²) in [6.45, 7) is 5.22. The Kier molecular flexibility index (Phi) is 4.85. The van der Waals surface area contributed by atoms with Crippen LogP contribution in [0.4, 0.5) is 0 Å². The molecule has 0 N–H and O–H groups in total. The smallest absolute Gasteiger partial charge is 0.228 e. The van der Waals surface area contributed by atoms with Crippen LogP contribution in [-0.2, 0) is 24.2 Å². The van der Waals surface area contributed by atoms with E-state index in [0.29, 0.717) is 18.1 Å². The fraction of sp³-hybridized carbons (Fsp3) is 0.389. The molecule has 1 aliphatic heterocycles. The molecule has 1 aromatic carbocycles. The lowest BCUT2D eigenvalue weighted by atomic mass is 10.1. The van der Waals surface area contributed by atoms with E-state index in [4.69, 9.17) is 9.26 Å². The molecule has 4 rings (SSSR count). The Balaban J connectivity index is 1.41. The second-order valence-electron chi connectivity index (χ2n) is 6.12. The van der Waals surface area contributed by atoms with E-state index in [-0.39, 0.29) is 0 Å². The molecule has 2 aromatic heterocycles. The maximum atomic E-state index is 5.40. The van der Waals surface area contributed by atoms with Crippen LogP contribution in [0.5, 0.6) is 0 Å². The first-order chi connectivity index (χ1) is 12.4. The average Bonchev–Trinajstić information content (AvgIpc) is 3.33. The quantitative estimate of drug-likeness (QED) is 0.684. The molecule has 3 aromatic rings. The van der Waals surface area contributed by atoms with Gasteiger partial charge >= 0.3 is 0 Å². The summed E-state index contributed by atoms with van der Waals surface area (Å²) < 4.78 is 12.6. The molecule has 0 aliphatic carbocycles. The lowest BCUT2D eigenvalue weighted by molar-refractivity contribution is 0.0342. The number of hydrogen-bond donors (Lipinski definition) is 0. The highest BCUT2D eigenvalue weighted by Crippen LogP contribution is 2.19. The average molecular weight is 339 g/mol. The first kappa shape index (κ1) is 16.0. The maximum Gasteiger partial charge on any atom is 0.228 e. The second kappa shape index (κ2) is 7.58. The van der Waals surface area contributed by atoms with E-state index in [9.17, 15) is 0 Å². The van der Waals surface area contributed by atoms with Gasteiger partial charge in [0.2, 0.25) is 11.7 Å². The maximum absolute atomic E-state index is 5.40. The third kappa shape index (κ3) is 4.12. The summed E-state index contributed by atoms with van der Waals surface area (Å²) in [4.78, 5) is 6.91. The van der Waals surface area contributed by atoms with Gasteiger partial charge < -0.3 is 9.26 Å². The molecule has 7 heteroatoms. The number of aryl methyl sites for hydroxylation is 2. The fourth-order valence-electron chi connectivity index (χ4n) is 2.94. The SMILES string of the molecule is c1cc(CN2CCOCC2)cc(-c2noc(CCn3cccn3)n2)c1. The van der Waals surface area contributed by atoms with Crippen molar-refractivity contribution in [3.05, 3.63) is 54.2 Å². The molecule has 0 amide bonds. The molecule has 0 spiro atoms. The molecule has 1 saturated heterocycles. The van der Waals surface area contributed by atoms with Crippen molar-refractivity contribution in [2.45, 2.75) is 19.5 Å². The van der Waals surface area contributed by atoms with Gasteiger partial charge in [0, 0.05) is 50.6 Å². The molecular weight excluding hydrogens is 318 g/mol. The number of benzene rings is 1. The van der Waals surface area contributed by atoms with Gasteiger partial charge in [-0.2, -0.15) is 10.1 Å². The molecule has 0 atom stereocenters. The second-order valence-corrected chi connectivity index (χ2v) is 6.12. The van der Waals surface area contributed by atoms with Gasteiger partial charge in [-0.3, -0.25) is 9.58 Å². The highest BCUT2D eigenvalue weighted by molar-refractivity contribution is 5.55. The van der Waals surface area contributed by atoms with Gasteiger partial charge in [0.05, 0.1) is 13.2 Å². The Labute approximate surface area is 146 Å². The number of rotatable bonds is 6. The van der Waals surface area contributed by atoms with Crippen LogP contribution in [0, 0.1) is 0 Å². The van der Waals surface area contributed by atoms with Crippen LogP contribution in [0.15, 0.2) is 47.2 Å². The van der Waals surface area contributed by atoms with Crippen LogP contribution in [0.1, 0.15) is 11.5 Å². The first-order valence-electron chi connectivity index (χ1n) is 8.56. The first-order valence-corrected chi connectivity index (χ1v) is 8.56. The molecule has 0 radical (unpaired) electrons. The Morgan fingerprint density at radius 3 is 2.88 bits per heavy atom. The molecule has 7 nitrogen and oxygen atoms in total. The number of ether oxygens (including phenoxy) is 1. The lowest BCUT2D eigenvalue weighted by Gasteiger charge is -2.26. The molecule has 1 aliphatic rings. The van der Waals surface area contributed by atoms with Crippen molar-refractivity contribution in [2.75, 3.05) is 26.3 Å². The minimum atomic E-state index is 0.629. The van der Waals surface area contributed by atoms with Crippen LogP contribution in [-0.4, -0.2) is 51.1 Å². The number of morpholine rings is 1. The summed E-state index contributed by atoms with van der Waals surface area (Å²) in [7, 11) is 0. The van der Waals surface area contributed by atoms with Crippen molar-refractivity contribution in [3.8, 4) is 11.4 Å². The molecule has 0 unspecified atom stereocenters. The van der Waals surface area contributed by atoms with E-state index in [0.717, 1.165) is 45.0 Å². The zero-order valence-corrected chi connectivity index (χ0v) is 14.0. The van der Waals surface area contributed by atoms with Crippen LogP contribution in [0.2, 0.25) is 0 Å². The molecule has 0 bridgehead atoms. The molecule has 0 saturated carbocycles. The largest absolute Gasteiger partial charge is 0.379 e. The van der Waals surface area contributed by atoms with Gasteiger partial charge in [-0.25, -0.2) is 0 Å². The predicted molar refractivity (Wildman–Crippen MR) is 91.8 cm³/mol. The van der Waals surface area contributed by atoms with Crippen molar-refractivity contribution in [1.82, 2.24) is 24.8 Å². The van der Waals surface area contributed by atoms with Gasteiger partial charge in [0.15, 0.2) is 0 Å². The van der Waals surface area contributed by atoms with E-state index in [1.54, 1.807) is 6.20 Å². The van der Waals surface area contributed by atoms with Crippen molar-refractivity contribution in [1.29, 1.82) is 0 Å². The molecule has 25 heavy (non-hydrogen) atoms. The molecular formula is C18H21N5O2. The van der Waals surface area contributed by atoms with Crippen molar-refractivity contribution in [2.24, 2.45) is 0 Å². The molecule has 130 valence electrons. The predicted octanol–water partition coefficient (Wildman–Crippen LogP) is 2.01. The molecule has 1 fully saturated rings. The normalized spacial score (nSPS) is 15.5. The summed E-state index contributed by atoms with van der Waals surface area (Å²) in [6.07, 6.45) is 4.35. The number of nitrogens with zero attached hydrogens (tertiary/aromatic N) is 5. The van der Waals surface area contributed by atoms with E-state index < -0.39 is 0 Å². The van der Waals surface area contributed by atoms with Gasteiger partial charge in [-0.1, -0.05) is 23.4 Å². The number of aromatic nitrogens is 4. The van der Waals surface area contributed by atoms with E-state index in [1.165, 1.54) is 5.56 Å². The summed E-state index contributed by atoms with van der Waals surface area (Å²) in [5, 5.41) is 8.30. The van der Waals surface area contributed by atoms with Gasteiger partial charge in [-0.05, 0) is 17.7 Å². The highest BCUT2D eigenvalue weighted by Gasteiger charge is 2.13. The third-order valence-electron chi connectivity index (χ3n) is 4.28. The summed E-state index contributed by atoms with van der Waals surface area (Å²) in [5.41, 5.74) is 2.24. The fourth-order valence-corrected chi connectivity index (χ4v) is 2.94. The van der Waals surface area contributed by atoms with Crippen LogP contribution >= 0.6 is 0 Å². The Hall–Kier alpha value is -2.51. The van der Waals surface area contributed by atoms with Crippen molar-refractivity contribution >= 4 is 0 Å². The van der Waals surface area contributed by atoms with Gasteiger partial charge in [-0.15, -0.1) is 0 Å². The highest BCUT2D eigenvalue weighted by atomic mass is 16.5. The number of hydrogen-bond acceptors (Lipinski definition) is 6. The Bertz CT molecular complexity index is 793. The van der Waals surface area contributed by atoms with Gasteiger partial charge in [0.1, 0.15) is 0 Å². The zero-order chi connectivity index (χ0) is 16.9.